The molecule has 0 saturated carbocycles. The summed E-state index contributed by atoms with van der Waals surface area (Å²) in [4.78, 5) is 12.0. The summed E-state index contributed by atoms with van der Waals surface area (Å²) in [6.45, 7) is 8.41. The zero-order chi connectivity index (χ0) is 15.0. The van der Waals surface area contributed by atoms with Gasteiger partial charge in [-0.3, -0.25) is 0 Å². The molecule has 0 aliphatic rings. The molecule has 0 unspecified atom stereocenters. The Labute approximate surface area is 118 Å². The Morgan fingerprint density at radius 2 is 1.74 bits per heavy atom. The predicted octanol–water partition coefficient (Wildman–Crippen LogP) is 3.10. The zero-order valence-corrected chi connectivity index (χ0v) is 13.1. The summed E-state index contributed by atoms with van der Waals surface area (Å²) < 4.78 is 28.3. The maximum Gasteiger partial charge on any atom is 0.338 e. The minimum absolute atomic E-state index is 0.0181. The molecule has 19 heavy (non-hydrogen) atoms. The van der Waals surface area contributed by atoms with Crippen molar-refractivity contribution in [2.24, 2.45) is 0 Å². The summed E-state index contributed by atoms with van der Waals surface area (Å²) in [6, 6.07) is 1.62. The average molecular weight is 305 g/mol. The lowest BCUT2D eigenvalue weighted by molar-refractivity contribution is 0.0376. The number of rotatable bonds is 3. The van der Waals surface area contributed by atoms with Crippen LogP contribution in [0, 0.1) is 20.8 Å². The van der Waals surface area contributed by atoms with Crippen molar-refractivity contribution in [1.29, 1.82) is 0 Å². The first-order chi connectivity index (χ1) is 8.55. The van der Waals surface area contributed by atoms with E-state index in [1.165, 1.54) is 0 Å². The fourth-order valence-corrected chi connectivity index (χ4v) is 3.75. The van der Waals surface area contributed by atoms with Crippen LogP contribution in [0.4, 0.5) is 0 Å². The van der Waals surface area contributed by atoms with Crippen molar-refractivity contribution in [3.63, 3.8) is 0 Å². The average Bonchev–Trinajstić information content (AvgIpc) is 2.11. The Morgan fingerprint density at radius 1 is 1.21 bits per heavy atom. The van der Waals surface area contributed by atoms with Crippen molar-refractivity contribution in [1.82, 2.24) is 0 Å². The van der Waals surface area contributed by atoms with E-state index in [2.05, 4.69) is 0 Å². The highest BCUT2D eigenvalue weighted by Crippen LogP contribution is 2.29. The van der Waals surface area contributed by atoms with Crippen molar-refractivity contribution < 1.29 is 17.9 Å². The number of carbonyl (C=O) groups excluding carboxylic acids is 1. The van der Waals surface area contributed by atoms with Gasteiger partial charge in [0, 0.05) is 10.7 Å². The number of hydrogen-bond acceptors (Lipinski definition) is 4. The summed E-state index contributed by atoms with van der Waals surface area (Å²) in [5.74, 6) is -0.536. The van der Waals surface area contributed by atoms with Crippen LogP contribution in [0.15, 0.2) is 11.0 Å². The van der Waals surface area contributed by atoms with Gasteiger partial charge >= 0.3 is 5.97 Å². The lowest BCUT2D eigenvalue weighted by Gasteiger charge is -2.16. The number of hydrogen-bond donors (Lipinski definition) is 0. The fraction of sp³-hybridized carbons (Fsp3) is 0.462. The van der Waals surface area contributed by atoms with Crippen LogP contribution in [-0.2, 0) is 13.8 Å². The Bertz CT molecular complexity index is 618. The third kappa shape index (κ3) is 3.48. The molecule has 1 rings (SSSR count). The van der Waals surface area contributed by atoms with Gasteiger partial charge in [-0.2, -0.15) is 0 Å². The Balaban J connectivity index is 3.55. The van der Waals surface area contributed by atoms with Crippen LogP contribution in [0.1, 0.15) is 40.9 Å². The van der Waals surface area contributed by atoms with E-state index in [0.29, 0.717) is 16.7 Å². The molecule has 0 aromatic heterocycles. The lowest BCUT2D eigenvalue weighted by Crippen LogP contribution is -2.16. The first-order valence-corrected chi connectivity index (χ1v) is 8.13. The largest absolute Gasteiger partial charge is 0.459 e. The number of esters is 1. The van der Waals surface area contributed by atoms with E-state index >= 15 is 0 Å². The Hall–Kier alpha value is -1.07. The highest BCUT2D eigenvalue weighted by Gasteiger charge is 2.24. The van der Waals surface area contributed by atoms with Crippen LogP contribution >= 0.6 is 10.7 Å². The van der Waals surface area contributed by atoms with E-state index in [9.17, 15) is 13.2 Å². The summed E-state index contributed by atoms with van der Waals surface area (Å²) in [5.41, 5.74) is 1.78. The van der Waals surface area contributed by atoms with E-state index in [1.807, 2.05) is 0 Å². The second-order valence-corrected chi connectivity index (χ2v) is 7.23. The Kier molecular flexibility index (Phi) is 4.63. The highest BCUT2D eigenvalue weighted by molar-refractivity contribution is 8.13. The molecule has 0 amide bonds. The number of halogens is 1. The lowest BCUT2D eigenvalue weighted by atomic mass is 10.00. The van der Waals surface area contributed by atoms with E-state index < -0.39 is 15.0 Å². The molecule has 4 nitrogen and oxygen atoms in total. The van der Waals surface area contributed by atoms with Gasteiger partial charge in [-0.15, -0.1) is 0 Å². The van der Waals surface area contributed by atoms with E-state index in [4.69, 9.17) is 15.4 Å². The molecule has 0 aliphatic heterocycles. The van der Waals surface area contributed by atoms with Gasteiger partial charge in [-0.25, -0.2) is 13.2 Å². The first-order valence-electron chi connectivity index (χ1n) is 5.82. The maximum atomic E-state index is 12.0. The van der Waals surface area contributed by atoms with Gasteiger partial charge in [0.25, 0.3) is 9.05 Å². The number of benzene rings is 1. The molecule has 1 aromatic carbocycles. The minimum Gasteiger partial charge on any atom is -0.459 e. The monoisotopic (exact) mass is 304 g/mol. The molecule has 0 fully saturated rings. The zero-order valence-electron chi connectivity index (χ0n) is 11.6. The highest BCUT2D eigenvalue weighted by atomic mass is 35.7. The maximum absolute atomic E-state index is 12.0. The normalized spacial score (nSPS) is 11.7. The molecule has 6 heteroatoms. The fourth-order valence-electron chi connectivity index (χ4n) is 2.13. The molecule has 0 bridgehead atoms. The predicted molar refractivity (Wildman–Crippen MR) is 74.2 cm³/mol. The van der Waals surface area contributed by atoms with Crippen molar-refractivity contribution in [3.05, 3.63) is 28.3 Å². The van der Waals surface area contributed by atoms with Crippen molar-refractivity contribution in [2.75, 3.05) is 0 Å². The van der Waals surface area contributed by atoms with E-state index in [0.717, 1.165) is 0 Å². The van der Waals surface area contributed by atoms with Crippen LogP contribution in [0.3, 0.4) is 0 Å². The molecule has 106 valence electrons. The van der Waals surface area contributed by atoms with Crippen molar-refractivity contribution in [2.45, 2.75) is 45.6 Å². The second-order valence-electron chi connectivity index (χ2n) is 4.73. The summed E-state index contributed by atoms with van der Waals surface area (Å²) in [6.07, 6.45) is -0.274. The molecular formula is C13H17ClO4S. The second kappa shape index (κ2) is 5.51. The smallest absolute Gasteiger partial charge is 0.338 e. The molecule has 0 heterocycles. The van der Waals surface area contributed by atoms with Crippen LogP contribution in [0.2, 0.25) is 0 Å². The van der Waals surface area contributed by atoms with Gasteiger partial charge in [-0.1, -0.05) is 6.07 Å². The summed E-state index contributed by atoms with van der Waals surface area (Å²) in [7, 11) is 1.52. The van der Waals surface area contributed by atoms with Gasteiger partial charge in [0.05, 0.1) is 16.6 Å². The first kappa shape index (κ1) is 16.0. The standard InChI is InChI=1S/C13H17ClO4S/c1-7(2)18-13(15)11-8(3)6-9(4)12(10(11)5)19(14,16)17/h6-7H,1-5H3. The quantitative estimate of drug-likeness (QED) is 0.636. The van der Waals surface area contributed by atoms with Crippen LogP contribution in [-0.4, -0.2) is 20.5 Å². The molecule has 0 atom stereocenters. The topological polar surface area (TPSA) is 60.4 Å². The van der Waals surface area contributed by atoms with Crippen molar-refractivity contribution in [3.8, 4) is 0 Å². The van der Waals surface area contributed by atoms with Crippen LogP contribution in [0.25, 0.3) is 0 Å². The van der Waals surface area contributed by atoms with Gasteiger partial charge < -0.3 is 4.74 Å². The molecule has 1 aromatic rings. The number of aryl methyl sites for hydroxylation is 2. The third-order valence-electron chi connectivity index (χ3n) is 2.69. The van der Waals surface area contributed by atoms with Gasteiger partial charge in [0.2, 0.25) is 0 Å². The molecule has 0 radical (unpaired) electrons. The molecule has 0 aliphatic carbocycles. The van der Waals surface area contributed by atoms with Crippen LogP contribution in [0.5, 0.6) is 0 Å². The van der Waals surface area contributed by atoms with Gasteiger partial charge in [0.1, 0.15) is 0 Å². The molecule has 0 spiro atoms. The van der Waals surface area contributed by atoms with Crippen LogP contribution < -0.4 is 0 Å². The molecule has 0 saturated heterocycles. The number of carbonyl (C=O) groups is 1. The summed E-state index contributed by atoms with van der Waals surface area (Å²) >= 11 is 0. The molecule has 0 N–H and O–H groups in total. The minimum atomic E-state index is -3.90. The SMILES string of the molecule is Cc1cc(C)c(S(=O)(=O)Cl)c(C)c1C(=O)OC(C)C. The van der Waals surface area contributed by atoms with Gasteiger partial charge in [-0.05, 0) is 51.3 Å². The van der Waals surface area contributed by atoms with E-state index in [1.54, 1.807) is 40.7 Å². The van der Waals surface area contributed by atoms with E-state index in [-0.39, 0.29) is 16.6 Å². The van der Waals surface area contributed by atoms with Crippen molar-refractivity contribution >= 4 is 25.7 Å². The third-order valence-corrected chi connectivity index (χ3v) is 4.27. The summed E-state index contributed by atoms with van der Waals surface area (Å²) in [5, 5.41) is 0. The Morgan fingerprint density at radius 3 is 2.16 bits per heavy atom. The van der Waals surface area contributed by atoms with Gasteiger partial charge in [0.15, 0.2) is 0 Å². The molecular weight excluding hydrogens is 288 g/mol. The number of ether oxygens (including phenoxy) is 1.